The van der Waals surface area contributed by atoms with Crippen molar-refractivity contribution in [3.8, 4) is 0 Å². The number of benzene rings is 3. The predicted molar refractivity (Wildman–Crippen MR) is 134 cm³/mol. The van der Waals surface area contributed by atoms with Gasteiger partial charge in [0.05, 0.1) is 39.9 Å². The number of rotatable bonds is 6. The highest BCUT2D eigenvalue weighted by molar-refractivity contribution is 7.90. The summed E-state index contributed by atoms with van der Waals surface area (Å²) in [7, 11) is -3.54. The van der Waals surface area contributed by atoms with Gasteiger partial charge >= 0.3 is 6.03 Å². The third-order valence-corrected chi connectivity index (χ3v) is 8.20. The van der Waals surface area contributed by atoms with Crippen LogP contribution in [0.5, 0.6) is 0 Å². The molecule has 3 aromatic rings. The molecule has 0 saturated heterocycles. The average molecular weight is 519 g/mol. The highest BCUT2D eigenvalue weighted by atomic mass is 35.5. The number of halogens is 2. The van der Waals surface area contributed by atoms with Crippen LogP contribution in [0.2, 0.25) is 10.0 Å². The lowest BCUT2D eigenvalue weighted by molar-refractivity contribution is 0.110. The molecule has 6 nitrogen and oxygen atoms in total. The number of urea groups is 1. The average Bonchev–Trinajstić information content (AvgIpc) is 2.80. The minimum atomic E-state index is -3.54. The fourth-order valence-corrected chi connectivity index (χ4v) is 5.66. The van der Waals surface area contributed by atoms with Crippen molar-refractivity contribution in [2.75, 3.05) is 11.9 Å². The van der Waals surface area contributed by atoms with Crippen LogP contribution in [-0.4, -0.2) is 21.1 Å². The lowest BCUT2D eigenvalue weighted by Crippen LogP contribution is -2.31. The summed E-state index contributed by atoms with van der Waals surface area (Å²) < 4.78 is 31.3. The van der Waals surface area contributed by atoms with Gasteiger partial charge in [-0.25, -0.2) is 13.2 Å². The minimum absolute atomic E-state index is 0.0910. The zero-order valence-electron chi connectivity index (χ0n) is 18.5. The molecule has 2 N–H and O–H groups in total. The van der Waals surface area contributed by atoms with Gasteiger partial charge in [-0.1, -0.05) is 53.5 Å². The van der Waals surface area contributed by atoms with E-state index in [0.717, 1.165) is 23.1 Å². The molecule has 0 bridgehead atoms. The Morgan fingerprint density at radius 2 is 1.82 bits per heavy atom. The van der Waals surface area contributed by atoms with E-state index in [-0.39, 0.29) is 16.7 Å². The number of carbonyl (C=O) groups excluding carboxylic acids is 1. The molecule has 1 aliphatic rings. The molecule has 1 unspecified atom stereocenters. The molecule has 1 aliphatic heterocycles. The van der Waals surface area contributed by atoms with E-state index in [2.05, 4.69) is 10.6 Å². The lowest BCUT2D eigenvalue weighted by Gasteiger charge is -2.17. The van der Waals surface area contributed by atoms with Gasteiger partial charge in [0.25, 0.3) is 0 Å². The Balaban J connectivity index is 1.39. The topological polar surface area (TPSA) is 84.5 Å². The zero-order chi connectivity index (χ0) is 24.3. The van der Waals surface area contributed by atoms with Crippen LogP contribution in [-0.2, 0) is 33.4 Å². The summed E-state index contributed by atoms with van der Waals surface area (Å²) in [5.74, 6) is -0.0910. The van der Waals surface area contributed by atoms with Gasteiger partial charge in [0, 0.05) is 5.69 Å². The first kappa shape index (κ1) is 24.5. The van der Waals surface area contributed by atoms with Gasteiger partial charge in [0.2, 0.25) is 0 Å². The first-order chi connectivity index (χ1) is 16.2. The Kier molecular flexibility index (Phi) is 7.48. The van der Waals surface area contributed by atoms with E-state index < -0.39 is 15.9 Å². The number of hydrogen-bond acceptors (Lipinski definition) is 4. The molecule has 0 radical (unpaired) electrons. The molecule has 2 amide bonds. The first-order valence-electron chi connectivity index (χ1n) is 10.8. The Morgan fingerprint density at radius 3 is 2.59 bits per heavy atom. The van der Waals surface area contributed by atoms with Gasteiger partial charge in [0.1, 0.15) is 0 Å². The summed E-state index contributed by atoms with van der Waals surface area (Å²) in [5.41, 5.74) is 4.15. The van der Waals surface area contributed by atoms with Gasteiger partial charge in [0.15, 0.2) is 9.84 Å². The molecule has 3 aromatic carbocycles. The lowest BCUT2D eigenvalue weighted by atomic mass is 10.0. The summed E-state index contributed by atoms with van der Waals surface area (Å²) >= 11 is 12.3. The van der Waals surface area contributed by atoms with Gasteiger partial charge < -0.3 is 15.4 Å². The van der Waals surface area contributed by atoms with E-state index in [9.17, 15) is 13.2 Å². The minimum Gasteiger partial charge on any atom is -0.376 e. The quantitative estimate of drug-likeness (QED) is 0.423. The van der Waals surface area contributed by atoms with E-state index >= 15 is 0 Å². The van der Waals surface area contributed by atoms with Crippen molar-refractivity contribution in [1.82, 2.24) is 5.32 Å². The fourth-order valence-electron chi connectivity index (χ4n) is 3.85. The highest BCUT2D eigenvalue weighted by Gasteiger charge is 2.18. The maximum atomic E-state index is 12.9. The van der Waals surface area contributed by atoms with Crippen molar-refractivity contribution in [2.45, 2.75) is 36.6 Å². The summed E-state index contributed by atoms with van der Waals surface area (Å²) in [4.78, 5) is 12.6. The highest BCUT2D eigenvalue weighted by Crippen LogP contribution is 2.30. The predicted octanol–water partition coefficient (Wildman–Crippen LogP) is 5.92. The summed E-state index contributed by atoms with van der Waals surface area (Å²) in [6, 6.07) is 16.2. The van der Waals surface area contributed by atoms with Crippen molar-refractivity contribution in [3.05, 3.63) is 93.0 Å². The van der Waals surface area contributed by atoms with Gasteiger partial charge in [-0.15, -0.1) is 0 Å². The largest absolute Gasteiger partial charge is 0.376 e. The number of ether oxygens (including phenoxy) is 1. The molecule has 34 heavy (non-hydrogen) atoms. The number of anilines is 1. The standard InChI is InChI=1S/C25H24Cl2N2O4S/c1-16(22-3-2-4-23(26)24(22)27)28-25(30)29-20-7-9-21(10-8-20)34(31,32)15-17-5-6-19-14-33-12-11-18(19)13-17/h2-10,13,16H,11-12,14-15H2,1H3,(H2,28,29,30). The number of carbonyl (C=O) groups is 1. The van der Waals surface area contributed by atoms with E-state index in [0.29, 0.717) is 34.5 Å². The first-order valence-corrected chi connectivity index (χ1v) is 13.2. The van der Waals surface area contributed by atoms with Crippen LogP contribution in [0.15, 0.2) is 65.6 Å². The van der Waals surface area contributed by atoms with Crippen molar-refractivity contribution < 1.29 is 17.9 Å². The van der Waals surface area contributed by atoms with Crippen LogP contribution in [0.3, 0.4) is 0 Å². The van der Waals surface area contributed by atoms with E-state index in [1.807, 2.05) is 18.2 Å². The molecule has 0 spiro atoms. The number of hydrogen-bond donors (Lipinski definition) is 2. The molecule has 0 aliphatic carbocycles. The van der Waals surface area contributed by atoms with Crippen molar-refractivity contribution in [3.63, 3.8) is 0 Å². The second kappa shape index (κ2) is 10.4. The van der Waals surface area contributed by atoms with Crippen LogP contribution in [0.25, 0.3) is 0 Å². The Morgan fingerprint density at radius 1 is 1.06 bits per heavy atom. The van der Waals surface area contributed by atoms with Crippen LogP contribution in [0.4, 0.5) is 10.5 Å². The van der Waals surface area contributed by atoms with E-state index in [1.165, 1.54) is 12.1 Å². The summed E-state index contributed by atoms with van der Waals surface area (Å²) in [6.07, 6.45) is 0.786. The number of amides is 2. The molecule has 9 heteroatoms. The number of sulfone groups is 1. The Bertz CT molecular complexity index is 1310. The molecule has 1 heterocycles. The zero-order valence-corrected chi connectivity index (χ0v) is 20.8. The molecule has 1 atom stereocenters. The monoisotopic (exact) mass is 518 g/mol. The molecule has 0 aromatic heterocycles. The Labute approximate surface area is 209 Å². The maximum absolute atomic E-state index is 12.9. The van der Waals surface area contributed by atoms with Crippen LogP contribution >= 0.6 is 23.2 Å². The number of nitrogens with one attached hydrogen (secondary N) is 2. The molecular formula is C25H24Cl2N2O4S. The van der Waals surface area contributed by atoms with Crippen LogP contribution in [0, 0.1) is 0 Å². The smallest absolute Gasteiger partial charge is 0.319 e. The van der Waals surface area contributed by atoms with E-state index in [4.69, 9.17) is 27.9 Å². The van der Waals surface area contributed by atoms with Crippen molar-refractivity contribution in [1.29, 1.82) is 0 Å². The van der Waals surface area contributed by atoms with Gasteiger partial charge in [-0.05, 0) is 65.9 Å². The van der Waals surface area contributed by atoms with Crippen molar-refractivity contribution >= 4 is 44.8 Å². The summed E-state index contributed by atoms with van der Waals surface area (Å²) in [5, 5.41) is 6.30. The molecule has 178 valence electrons. The maximum Gasteiger partial charge on any atom is 0.319 e. The second-order valence-corrected chi connectivity index (χ2v) is 10.9. The second-order valence-electron chi connectivity index (χ2n) is 8.15. The SMILES string of the molecule is CC(NC(=O)Nc1ccc(S(=O)(=O)Cc2ccc3c(c2)CCOC3)cc1)c1cccc(Cl)c1Cl. The molecule has 0 saturated carbocycles. The van der Waals surface area contributed by atoms with Crippen LogP contribution in [0.1, 0.15) is 35.2 Å². The third kappa shape index (κ3) is 5.73. The molecule has 4 rings (SSSR count). The van der Waals surface area contributed by atoms with Gasteiger partial charge in [-0.3, -0.25) is 0 Å². The normalized spacial score (nSPS) is 14.2. The fraction of sp³-hybridized carbons (Fsp3) is 0.240. The van der Waals surface area contributed by atoms with Crippen molar-refractivity contribution in [2.24, 2.45) is 0 Å². The molecular weight excluding hydrogens is 495 g/mol. The van der Waals surface area contributed by atoms with E-state index in [1.54, 1.807) is 37.3 Å². The van der Waals surface area contributed by atoms with Gasteiger partial charge in [-0.2, -0.15) is 0 Å². The summed E-state index contributed by atoms with van der Waals surface area (Å²) in [6.45, 7) is 3.01. The number of fused-ring (bicyclic) bond motifs is 1. The Hall–Kier alpha value is -2.58. The van der Waals surface area contributed by atoms with Crippen LogP contribution < -0.4 is 10.6 Å². The third-order valence-electron chi connectivity index (χ3n) is 5.67. The molecule has 0 fully saturated rings.